The Bertz CT molecular complexity index is 828. The van der Waals surface area contributed by atoms with Gasteiger partial charge in [0.2, 0.25) is 5.13 Å². The first-order chi connectivity index (χ1) is 10.7. The molecular weight excluding hydrogens is 298 g/mol. The number of nitriles is 1. The monoisotopic (exact) mass is 311 g/mol. The van der Waals surface area contributed by atoms with Crippen LogP contribution in [-0.4, -0.2) is 27.1 Å². The van der Waals surface area contributed by atoms with Crippen molar-refractivity contribution in [2.75, 3.05) is 7.11 Å². The summed E-state index contributed by atoms with van der Waals surface area (Å²) in [5, 5.41) is 19.9. The van der Waals surface area contributed by atoms with Crippen molar-refractivity contribution >= 4 is 11.3 Å². The Morgan fingerprint density at radius 3 is 2.68 bits per heavy atom. The zero-order chi connectivity index (χ0) is 15.5. The van der Waals surface area contributed by atoms with E-state index in [0.29, 0.717) is 12.1 Å². The summed E-state index contributed by atoms with van der Waals surface area (Å²) in [5.41, 5.74) is 3.03. The molecule has 0 unspecified atom stereocenters. The van der Waals surface area contributed by atoms with Crippen molar-refractivity contribution in [3.63, 3.8) is 0 Å². The Kier molecular flexibility index (Phi) is 3.85. The first-order valence-corrected chi connectivity index (χ1v) is 7.49. The lowest BCUT2D eigenvalue weighted by atomic mass is 10.1. The number of hydrogen-bond acceptors (Lipinski definition) is 6. The molecule has 2 aromatic heterocycles. The van der Waals surface area contributed by atoms with Crippen LogP contribution in [0.4, 0.5) is 0 Å². The quantitative estimate of drug-likeness (QED) is 0.740. The molecule has 0 aliphatic rings. The van der Waals surface area contributed by atoms with E-state index in [2.05, 4.69) is 21.4 Å². The third-order valence-corrected chi connectivity index (χ3v) is 4.12. The van der Waals surface area contributed by atoms with Gasteiger partial charge in [-0.3, -0.25) is 0 Å². The van der Waals surface area contributed by atoms with Crippen LogP contribution in [0.3, 0.4) is 0 Å². The highest BCUT2D eigenvalue weighted by molar-refractivity contribution is 7.12. The minimum atomic E-state index is 0.323. The number of hydrogen-bond donors (Lipinski definition) is 0. The summed E-state index contributed by atoms with van der Waals surface area (Å²) in [6.07, 6.45) is 0.554. The third-order valence-electron chi connectivity index (χ3n) is 3.19. The van der Waals surface area contributed by atoms with Crippen LogP contribution >= 0.6 is 11.3 Å². The lowest BCUT2D eigenvalue weighted by molar-refractivity contribution is 0.414. The van der Waals surface area contributed by atoms with Gasteiger partial charge in [-0.1, -0.05) is 17.3 Å². The molecule has 110 valence electrons. The van der Waals surface area contributed by atoms with Gasteiger partial charge < -0.3 is 4.74 Å². The Labute approximate surface area is 131 Å². The molecule has 0 bridgehead atoms. The molecule has 6 nitrogen and oxygen atoms in total. The summed E-state index contributed by atoms with van der Waals surface area (Å²) in [5.74, 6) is 0.798. The summed E-state index contributed by atoms with van der Waals surface area (Å²) < 4.78 is 6.79. The van der Waals surface area contributed by atoms with Gasteiger partial charge in [0.1, 0.15) is 11.8 Å². The highest BCUT2D eigenvalue weighted by atomic mass is 32.1. The summed E-state index contributed by atoms with van der Waals surface area (Å²) in [6.45, 7) is 1.92. The van der Waals surface area contributed by atoms with Gasteiger partial charge in [0, 0.05) is 11.8 Å². The minimum Gasteiger partial charge on any atom is -0.497 e. The molecule has 7 heteroatoms. The molecule has 0 saturated carbocycles. The van der Waals surface area contributed by atoms with Gasteiger partial charge in [-0.05, 0) is 24.6 Å². The van der Waals surface area contributed by atoms with Gasteiger partial charge in [-0.2, -0.15) is 9.94 Å². The largest absolute Gasteiger partial charge is 0.497 e. The number of rotatable bonds is 4. The zero-order valence-electron chi connectivity index (χ0n) is 12.1. The molecule has 1 aromatic carbocycles. The molecule has 0 saturated heterocycles. The average Bonchev–Trinajstić information content (AvgIpc) is 3.14. The van der Waals surface area contributed by atoms with Crippen LogP contribution < -0.4 is 4.74 Å². The van der Waals surface area contributed by atoms with Crippen molar-refractivity contribution in [1.29, 1.82) is 5.26 Å². The zero-order valence-corrected chi connectivity index (χ0v) is 13.0. The number of benzene rings is 1. The molecule has 0 spiro atoms. The average molecular weight is 311 g/mol. The third kappa shape index (κ3) is 2.69. The van der Waals surface area contributed by atoms with Gasteiger partial charge in [-0.15, -0.1) is 16.4 Å². The molecule has 0 aliphatic carbocycles. The predicted octanol–water partition coefficient (Wildman–Crippen LogP) is 2.50. The number of ether oxygens (including phenoxy) is 1. The standard InChI is InChI=1S/C15H13N5OS/c1-10-9-22-15(17-10)20-14(13(8-16)18-19-20)7-11-3-5-12(21-2)6-4-11/h3-6,9H,7H2,1-2H3. The van der Waals surface area contributed by atoms with Crippen LogP contribution in [0, 0.1) is 18.3 Å². The van der Waals surface area contributed by atoms with Crippen molar-refractivity contribution in [3.8, 4) is 17.0 Å². The number of aromatic nitrogens is 4. The van der Waals surface area contributed by atoms with Crippen LogP contribution in [0.1, 0.15) is 22.6 Å². The molecule has 2 heterocycles. The highest BCUT2D eigenvalue weighted by Gasteiger charge is 2.16. The maximum atomic E-state index is 9.24. The lowest BCUT2D eigenvalue weighted by Crippen LogP contribution is -2.04. The van der Waals surface area contributed by atoms with Crippen molar-refractivity contribution < 1.29 is 4.74 Å². The van der Waals surface area contributed by atoms with Gasteiger partial charge in [0.25, 0.3) is 0 Å². The van der Waals surface area contributed by atoms with Gasteiger partial charge in [-0.25, -0.2) is 4.98 Å². The maximum Gasteiger partial charge on any atom is 0.212 e. The Hall–Kier alpha value is -2.72. The second kappa shape index (κ2) is 5.95. The summed E-state index contributed by atoms with van der Waals surface area (Å²) in [6, 6.07) is 9.80. The van der Waals surface area contributed by atoms with E-state index in [9.17, 15) is 5.26 Å². The number of methoxy groups -OCH3 is 1. The second-order valence-electron chi connectivity index (χ2n) is 4.70. The van der Waals surface area contributed by atoms with E-state index in [1.807, 2.05) is 36.6 Å². The topological polar surface area (TPSA) is 76.6 Å². The van der Waals surface area contributed by atoms with Crippen molar-refractivity contribution in [3.05, 3.63) is 52.3 Å². The molecular formula is C15H13N5OS. The van der Waals surface area contributed by atoms with E-state index in [0.717, 1.165) is 27.8 Å². The van der Waals surface area contributed by atoms with Gasteiger partial charge in [0.05, 0.1) is 18.5 Å². The summed E-state index contributed by atoms with van der Waals surface area (Å²) >= 11 is 1.48. The summed E-state index contributed by atoms with van der Waals surface area (Å²) in [4.78, 5) is 4.41. The first-order valence-electron chi connectivity index (χ1n) is 6.61. The highest BCUT2D eigenvalue weighted by Crippen LogP contribution is 2.20. The molecule has 0 fully saturated rings. The smallest absolute Gasteiger partial charge is 0.212 e. The molecule has 3 aromatic rings. The minimum absolute atomic E-state index is 0.323. The van der Waals surface area contributed by atoms with Gasteiger partial charge >= 0.3 is 0 Å². The number of nitrogens with zero attached hydrogens (tertiary/aromatic N) is 5. The van der Waals surface area contributed by atoms with Crippen molar-refractivity contribution in [2.45, 2.75) is 13.3 Å². The Morgan fingerprint density at radius 1 is 1.32 bits per heavy atom. The number of aryl methyl sites for hydroxylation is 1. The van der Waals surface area contributed by atoms with Crippen LogP contribution in [0.2, 0.25) is 0 Å². The van der Waals surface area contributed by atoms with E-state index in [1.165, 1.54) is 11.3 Å². The lowest BCUT2D eigenvalue weighted by Gasteiger charge is -2.05. The van der Waals surface area contributed by atoms with Crippen LogP contribution in [0.15, 0.2) is 29.6 Å². The van der Waals surface area contributed by atoms with E-state index in [-0.39, 0.29) is 0 Å². The van der Waals surface area contributed by atoms with Crippen LogP contribution in [-0.2, 0) is 6.42 Å². The van der Waals surface area contributed by atoms with Gasteiger partial charge in [0.15, 0.2) is 5.69 Å². The molecule has 0 atom stereocenters. The number of thiazole rings is 1. The normalized spacial score (nSPS) is 10.4. The van der Waals surface area contributed by atoms with E-state index in [4.69, 9.17) is 4.74 Å². The van der Waals surface area contributed by atoms with Crippen molar-refractivity contribution in [2.24, 2.45) is 0 Å². The molecule has 22 heavy (non-hydrogen) atoms. The molecule has 0 aliphatic heterocycles. The van der Waals surface area contributed by atoms with Crippen LogP contribution in [0.5, 0.6) is 5.75 Å². The molecule has 0 radical (unpaired) electrons. The van der Waals surface area contributed by atoms with E-state index < -0.39 is 0 Å². The summed E-state index contributed by atoms with van der Waals surface area (Å²) in [7, 11) is 1.63. The fourth-order valence-corrected chi connectivity index (χ4v) is 2.85. The Morgan fingerprint density at radius 2 is 2.09 bits per heavy atom. The van der Waals surface area contributed by atoms with E-state index >= 15 is 0 Å². The first kappa shape index (κ1) is 14.2. The fraction of sp³-hybridized carbons (Fsp3) is 0.200. The van der Waals surface area contributed by atoms with Crippen LogP contribution in [0.25, 0.3) is 5.13 Å². The predicted molar refractivity (Wildman–Crippen MR) is 82.3 cm³/mol. The van der Waals surface area contributed by atoms with E-state index in [1.54, 1.807) is 11.8 Å². The fourth-order valence-electron chi connectivity index (χ4n) is 2.08. The molecule has 3 rings (SSSR count). The Balaban J connectivity index is 1.98. The molecule has 0 amide bonds. The van der Waals surface area contributed by atoms with Crippen molar-refractivity contribution in [1.82, 2.24) is 20.0 Å². The SMILES string of the molecule is COc1ccc(Cc2c(C#N)nnn2-c2nc(C)cs2)cc1. The maximum absolute atomic E-state index is 9.24. The molecule has 0 N–H and O–H groups in total. The second-order valence-corrected chi connectivity index (χ2v) is 5.54.